The summed E-state index contributed by atoms with van der Waals surface area (Å²) < 4.78 is 5.40. The molecular formula is C15H25NO. The van der Waals surface area contributed by atoms with E-state index in [1.807, 2.05) is 0 Å². The number of ether oxygens (including phenoxy) is 1. The van der Waals surface area contributed by atoms with Gasteiger partial charge in [0.15, 0.2) is 0 Å². The van der Waals surface area contributed by atoms with Gasteiger partial charge in [0, 0.05) is 13.2 Å². The fraction of sp³-hybridized carbons (Fsp3) is 0.600. The largest absolute Gasteiger partial charge is 0.379 e. The molecule has 1 aromatic rings. The summed E-state index contributed by atoms with van der Waals surface area (Å²) in [6, 6.07) is 9.09. The molecule has 1 rings (SSSR count). The Bertz CT molecular complexity index is 329. The number of hydrogen-bond donors (Lipinski definition) is 1. The van der Waals surface area contributed by atoms with E-state index >= 15 is 0 Å². The molecule has 0 aliphatic heterocycles. The minimum Gasteiger partial charge on any atom is -0.379 e. The molecule has 0 spiro atoms. The van der Waals surface area contributed by atoms with Gasteiger partial charge in [-0.2, -0.15) is 0 Å². The molecule has 0 unspecified atom stereocenters. The van der Waals surface area contributed by atoms with Gasteiger partial charge in [-0.3, -0.25) is 0 Å². The fourth-order valence-corrected chi connectivity index (χ4v) is 1.66. The lowest BCUT2D eigenvalue weighted by molar-refractivity contribution is 0.0154. The molecule has 2 heteroatoms. The first-order valence-electron chi connectivity index (χ1n) is 6.30. The second-order valence-corrected chi connectivity index (χ2v) is 5.30. The van der Waals surface area contributed by atoms with E-state index in [4.69, 9.17) is 4.74 Å². The van der Waals surface area contributed by atoms with Crippen molar-refractivity contribution in [3.05, 3.63) is 35.4 Å². The third-order valence-electron chi connectivity index (χ3n) is 3.31. The van der Waals surface area contributed by atoms with Crippen molar-refractivity contribution in [2.45, 2.75) is 45.8 Å². The highest BCUT2D eigenvalue weighted by molar-refractivity contribution is 5.23. The molecule has 0 aromatic heterocycles. The molecule has 17 heavy (non-hydrogen) atoms. The zero-order valence-corrected chi connectivity index (χ0v) is 11.7. The minimum atomic E-state index is -0.0417. The molecule has 1 aromatic carbocycles. The van der Waals surface area contributed by atoms with Gasteiger partial charge in [0.2, 0.25) is 0 Å². The summed E-state index contributed by atoms with van der Waals surface area (Å²) in [5, 5.41) is 3.53. The first-order valence-corrected chi connectivity index (χ1v) is 6.30. The maximum atomic E-state index is 5.40. The molecule has 0 aliphatic carbocycles. The van der Waals surface area contributed by atoms with E-state index in [9.17, 15) is 0 Å². The topological polar surface area (TPSA) is 21.3 Å². The molecule has 0 saturated carbocycles. The van der Waals surface area contributed by atoms with Crippen LogP contribution >= 0.6 is 0 Å². The van der Waals surface area contributed by atoms with E-state index < -0.39 is 0 Å². The Morgan fingerprint density at radius 2 is 1.82 bits per heavy atom. The predicted molar refractivity (Wildman–Crippen MR) is 73.3 cm³/mol. The van der Waals surface area contributed by atoms with Crippen molar-refractivity contribution in [1.29, 1.82) is 0 Å². The molecule has 0 saturated heterocycles. The Balaban J connectivity index is 2.40. The first-order chi connectivity index (χ1) is 7.94. The van der Waals surface area contributed by atoms with Crippen molar-refractivity contribution in [1.82, 2.24) is 5.32 Å². The van der Waals surface area contributed by atoms with Crippen molar-refractivity contribution in [2.24, 2.45) is 0 Å². The van der Waals surface area contributed by atoms with E-state index in [0.29, 0.717) is 6.04 Å². The molecule has 0 radical (unpaired) electrons. The van der Waals surface area contributed by atoms with Gasteiger partial charge in [-0.05, 0) is 46.2 Å². The second-order valence-electron chi connectivity index (χ2n) is 5.30. The molecule has 0 aliphatic rings. The Hall–Kier alpha value is -0.860. The van der Waals surface area contributed by atoms with Gasteiger partial charge < -0.3 is 10.1 Å². The van der Waals surface area contributed by atoms with Crippen LogP contribution < -0.4 is 5.32 Å². The molecule has 0 fully saturated rings. The fourth-order valence-electron chi connectivity index (χ4n) is 1.66. The van der Waals surface area contributed by atoms with E-state index in [2.05, 4.69) is 57.3 Å². The van der Waals surface area contributed by atoms with Gasteiger partial charge in [0.05, 0.1) is 5.60 Å². The number of aryl methyl sites for hydroxylation is 1. The van der Waals surface area contributed by atoms with Crippen LogP contribution in [0.15, 0.2) is 24.3 Å². The van der Waals surface area contributed by atoms with E-state index in [-0.39, 0.29) is 5.60 Å². The summed E-state index contributed by atoms with van der Waals surface area (Å²) in [5.41, 5.74) is 2.60. The zero-order chi connectivity index (χ0) is 12.9. The van der Waals surface area contributed by atoms with Crippen LogP contribution in [-0.4, -0.2) is 19.3 Å². The Kier molecular flexibility index (Phi) is 5.16. The third kappa shape index (κ3) is 4.88. The minimum absolute atomic E-state index is 0.0417. The molecule has 1 atom stereocenters. The van der Waals surface area contributed by atoms with Crippen LogP contribution in [0.4, 0.5) is 0 Å². The summed E-state index contributed by atoms with van der Waals surface area (Å²) in [7, 11) is 1.77. The SMILES string of the molecule is COC(C)(C)CCN[C@@H](C)c1ccc(C)cc1. The summed E-state index contributed by atoms with van der Waals surface area (Å²) >= 11 is 0. The number of nitrogens with one attached hydrogen (secondary N) is 1. The second kappa shape index (κ2) is 6.18. The van der Waals surface area contributed by atoms with Crippen LogP contribution in [-0.2, 0) is 4.74 Å². The predicted octanol–water partition coefficient (Wildman–Crippen LogP) is 3.46. The maximum absolute atomic E-state index is 5.40. The molecule has 2 nitrogen and oxygen atoms in total. The summed E-state index contributed by atoms with van der Waals surface area (Å²) in [6.45, 7) is 9.51. The van der Waals surface area contributed by atoms with Crippen molar-refractivity contribution in [3.63, 3.8) is 0 Å². The highest BCUT2D eigenvalue weighted by Gasteiger charge is 2.16. The standard InChI is InChI=1S/C15H25NO/c1-12-6-8-14(9-7-12)13(2)16-11-10-15(3,4)17-5/h6-9,13,16H,10-11H2,1-5H3/t13-/m0/s1. The number of methoxy groups -OCH3 is 1. The van der Waals surface area contributed by atoms with E-state index in [1.54, 1.807) is 7.11 Å². The zero-order valence-electron chi connectivity index (χ0n) is 11.7. The van der Waals surface area contributed by atoms with Crippen molar-refractivity contribution in [2.75, 3.05) is 13.7 Å². The molecule has 0 amide bonds. The lowest BCUT2D eigenvalue weighted by atomic mass is 10.0. The summed E-state index contributed by atoms with van der Waals surface area (Å²) in [4.78, 5) is 0. The van der Waals surface area contributed by atoms with Crippen molar-refractivity contribution >= 4 is 0 Å². The number of benzene rings is 1. The Morgan fingerprint density at radius 1 is 1.24 bits per heavy atom. The normalized spacial score (nSPS) is 13.7. The van der Waals surface area contributed by atoms with Crippen LogP contribution in [0.1, 0.15) is 44.4 Å². The molecule has 0 bridgehead atoms. The van der Waals surface area contributed by atoms with Gasteiger partial charge in [0.1, 0.15) is 0 Å². The summed E-state index contributed by atoms with van der Waals surface area (Å²) in [5.74, 6) is 0. The maximum Gasteiger partial charge on any atom is 0.0634 e. The van der Waals surface area contributed by atoms with Gasteiger partial charge in [0.25, 0.3) is 0 Å². The average molecular weight is 235 g/mol. The van der Waals surface area contributed by atoms with Crippen LogP contribution in [0.3, 0.4) is 0 Å². The smallest absolute Gasteiger partial charge is 0.0634 e. The van der Waals surface area contributed by atoms with Crippen LogP contribution in [0.25, 0.3) is 0 Å². The van der Waals surface area contributed by atoms with E-state index in [1.165, 1.54) is 11.1 Å². The lowest BCUT2D eigenvalue weighted by Gasteiger charge is -2.24. The van der Waals surface area contributed by atoms with Gasteiger partial charge in [-0.1, -0.05) is 29.8 Å². The van der Waals surface area contributed by atoms with Crippen molar-refractivity contribution in [3.8, 4) is 0 Å². The third-order valence-corrected chi connectivity index (χ3v) is 3.31. The summed E-state index contributed by atoms with van der Waals surface area (Å²) in [6.07, 6.45) is 1.01. The Morgan fingerprint density at radius 3 is 2.35 bits per heavy atom. The lowest BCUT2D eigenvalue weighted by Crippen LogP contribution is -2.30. The first kappa shape index (κ1) is 14.2. The van der Waals surface area contributed by atoms with Crippen molar-refractivity contribution < 1.29 is 4.74 Å². The van der Waals surface area contributed by atoms with E-state index in [0.717, 1.165) is 13.0 Å². The monoisotopic (exact) mass is 235 g/mol. The van der Waals surface area contributed by atoms with Gasteiger partial charge in [-0.25, -0.2) is 0 Å². The van der Waals surface area contributed by atoms with Crippen LogP contribution in [0, 0.1) is 6.92 Å². The highest BCUT2D eigenvalue weighted by Crippen LogP contribution is 2.15. The average Bonchev–Trinajstić information content (AvgIpc) is 2.29. The highest BCUT2D eigenvalue weighted by atomic mass is 16.5. The molecular weight excluding hydrogens is 210 g/mol. The molecule has 0 heterocycles. The van der Waals surface area contributed by atoms with Crippen LogP contribution in [0.5, 0.6) is 0 Å². The van der Waals surface area contributed by atoms with Crippen LogP contribution in [0.2, 0.25) is 0 Å². The quantitative estimate of drug-likeness (QED) is 0.815. The van der Waals surface area contributed by atoms with Gasteiger partial charge >= 0.3 is 0 Å². The van der Waals surface area contributed by atoms with Gasteiger partial charge in [-0.15, -0.1) is 0 Å². The number of rotatable bonds is 6. The molecule has 96 valence electrons. The Labute approximate surface area is 105 Å². The molecule has 1 N–H and O–H groups in total. The number of hydrogen-bond acceptors (Lipinski definition) is 2.